The molecule has 2 aromatic heterocycles. The summed E-state index contributed by atoms with van der Waals surface area (Å²) in [7, 11) is 3.49. The van der Waals surface area contributed by atoms with Crippen molar-refractivity contribution in [1.29, 1.82) is 0 Å². The van der Waals surface area contributed by atoms with Crippen LogP contribution in [0.5, 0.6) is 11.5 Å². The number of ether oxygens (including phenoxy) is 2. The third-order valence-electron chi connectivity index (χ3n) is 6.39. The standard InChI is InChI=1S/C26H31N5O3S.ClH.Na/c1-26(2,3)30(4)25(32)20-15-19(23-8-6-13-35-23)24-18-16-22(34-12-7-10-28-29-27)21(33-5)14-17(18)9-11-31(20)24;;/h6,8,13-16H,7,9-12H2,1-5H3;1H;/q;;+1/p-1. The van der Waals surface area contributed by atoms with Crippen molar-refractivity contribution in [3.8, 4) is 33.2 Å². The number of halogens is 1. The number of aromatic nitrogens is 1. The molecule has 0 aliphatic carbocycles. The molecule has 0 saturated carbocycles. The monoisotopic (exact) mass is 551 g/mol. The van der Waals surface area contributed by atoms with Gasteiger partial charge in [-0.1, -0.05) is 11.2 Å². The number of azide groups is 1. The van der Waals surface area contributed by atoms with E-state index in [1.54, 1.807) is 23.3 Å². The minimum Gasteiger partial charge on any atom is -1.00 e. The van der Waals surface area contributed by atoms with E-state index in [1.807, 2.05) is 52.1 Å². The van der Waals surface area contributed by atoms with Gasteiger partial charge in [0.2, 0.25) is 0 Å². The minimum absolute atomic E-state index is 0. The van der Waals surface area contributed by atoms with Crippen LogP contribution in [0.1, 0.15) is 43.2 Å². The number of benzene rings is 1. The molecule has 0 fully saturated rings. The SMILES string of the molecule is COc1cc2c(cc1OCCCN=[N+]=[N-])-c1c(-c3cccs3)cc(C(=O)N(C)C(C)(C)C)n1CC2.[Cl-].[Na+]. The second kappa shape index (κ2) is 13.1. The molecule has 0 atom stereocenters. The molecule has 4 rings (SSSR count). The summed E-state index contributed by atoms with van der Waals surface area (Å²) in [6, 6.07) is 10.2. The van der Waals surface area contributed by atoms with Crippen molar-refractivity contribution in [3.63, 3.8) is 0 Å². The number of aryl methyl sites for hydroxylation is 1. The average molecular weight is 552 g/mol. The van der Waals surface area contributed by atoms with Crippen molar-refractivity contribution in [2.45, 2.75) is 45.7 Å². The van der Waals surface area contributed by atoms with Gasteiger partial charge in [0, 0.05) is 46.6 Å². The summed E-state index contributed by atoms with van der Waals surface area (Å²) in [5.74, 6) is 1.32. The van der Waals surface area contributed by atoms with Gasteiger partial charge in [-0.25, -0.2) is 0 Å². The van der Waals surface area contributed by atoms with Gasteiger partial charge in [0.15, 0.2) is 11.5 Å². The number of carbonyl (C=O) groups is 1. The predicted octanol–water partition coefficient (Wildman–Crippen LogP) is 0.406. The first-order valence-corrected chi connectivity index (χ1v) is 12.5. The first kappa shape index (κ1) is 31.1. The Morgan fingerprint density at radius 3 is 2.62 bits per heavy atom. The Kier molecular flexibility index (Phi) is 11.0. The minimum atomic E-state index is -0.290. The summed E-state index contributed by atoms with van der Waals surface area (Å²) >= 11 is 1.66. The fraction of sp³-hybridized carbons (Fsp3) is 0.423. The van der Waals surface area contributed by atoms with Crippen LogP contribution in [0.25, 0.3) is 32.1 Å². The van der Waals surface area contributed by atoms with Crippen LogP contribution in [0.4, 0.5) is 0 Å². The molecule has 1 aliphatic rings. The van der Waals surface area contributed by atoms with Gasteiger partial charge in [0.1, 0.15) is 5.69 Å². The fourth-order valence-corrected chi connectivity index (χ4v) is 4.98. The molecule has 0 unspecified atom stereocenters. The van der Waals surface area contributed by atoms with E-state index < -0.39 is 0 Å². The van der Waals surface area contributed by atoms with Crippen LogP contribution in [0, 0.1) is 0 Å². The zero-order valence-electron chi connectivity index (χ0n) is 22.2. The number of methoxy groups -OCH3 is 1. The molecular weight excluding hydrogens is 521 g/mol. The molecule has 11 heteroatoms. The number of thiophene rings is 1. The molecule has 8 nitrogen and oxygen atoms in total. The second-order valence-corrected chi connectivity index (χ2v) is 10.5. The molecule has 0 spiro atoms. The first-order chi connectivity index (χ1) is 16.8. The van der Waals surface area contributed by atoms with Crippen LogP contribution in [-0.2, 0) is 13.0 Å². The second-order valence-electron chi connectivity index (χ2n) is 9.52. The van der Waals surface area contributed by atoms with E-state index in [9.17, 15) is 4.79 Å². The fourth-order valence-electron chi connectivity index (χ4n) is 4.24. The van der Waals surface area contributed by atoms with Gasteiger partial charge in [0.05, 0.1) is 19.4 Å². The maximum atomic E-state index is 13.6. The first-order valence-electron chi connectivity index (χ1n) is 11.7. The van der Waals surface area contributed by atoms with E-state index in [2.05, 4.69) is 26.0 Å². The van der Waals surface area contributed by atoms with E-state index in [1.165, 1.54) is 0 Å². The van der Waals surface area contributed by atoms with E-state index in [0.717, 1.165) is 33.7 Å². The number of hydrogen-bond donors (Lipinski definition) is 0. The molecule has 3 heterocycles. The van der Waals surface area contributed by atoms with Gasteiger partial charge in [-0.2, -0.15) is 0 Å². The maximum absolute atomic E-state index is 13.6. The Bertz CT molecular complexity index is 1280. The smallest absolute Gasteiger partial charge is 1.00 e. The average Bonchev–Trinajstić information content (AvgIpc) is 3.50. The Hall–Kier alpha value is -2.13. The number of hydrogen-bond acceptors (Lipinski definition) is 5. The number of rotatable bonds is 8. The Balaban J connectivity index is 0.00000241. The summed E-state index contributed by atoms with van der Waals surface area (Å²) in [6.07, 6.45) is 1.40. The van der Waals surface area contributed by atoms with Crippen LogP contribution in [0.2, 0.25) is 0 Å². The summed E-state index contributed by atoms with van der Waals surface area (Å²) in [5, 5.41) is 5.62. The maximum Gasteiger partial charge on any atom is 1.00 e. The number of carbonyl (C=O) groups excluding carboxylic acids is 1. The van der Waals surface area contributed by atoms with Gasteiger partial charge in [-0.05, 0) is 74.4 Å². The van der Waals surface area contributed by atoms with Crippen molar-refractivity contribution in [1.82, 2.24) is 9.47 Å². The molecule has 1 aromatic carbocycles. The van der Waals surface area contributed by atoms with Crippen molar-refractivity contribution in [3.05, 3.63) is 57.4 Å². The summed E-state index contributed by atoms with van der Waals surface area (Å²) in [5.41, 5.74) is 13.2. The molecular formula is C26H31ClN5NaO3S. The molecule has 192 valence electrons. The van der Waals surface area contributed by atoms with E-state index >= 15 is 0 Å². The van der Waals surface area contributed by atoms with Gasteiger partial charge < -0.3 is 31.3 Å². The van der Waals surface area contributed by atoms with Crippen LogP contribution < -0.4 is 51.4 Å². The van der Waals surface area contributed by atoms with Crippen molar-refractivity contribution >= 4 is 17.2 Å². The number of fused-ring (bicyclic) bond motifs is 3. The van der Waals surface area contributed by atoms with E-state index in [0.29, 0.717) is 43.3 Å². The predicted molar refractivity (Wildman–Crippen MR) is 139 cm³/mol. The number of amides is 1. The van der Waals surface area contributed by atoms with Crippen molar-refractivity contribution < 1.29 is 56.2 Å². The van der Waals surface area contributed by atoms with E-state index in [-0.39, 0.29) is 53.4 Å². The molecule has 0 bridgehead atoms. The third-order valence-corrected chi connectivity index (χ3v) is 7.29. The molecule has 0 saturated heterocycles. The van der Waals surface area contributed by atoms with Gasteiger partial charge in [0.25, 0.3) is 5.91 Å². The van der Waals surface area contributed by atoms with E-state index in [4.69, 9.17) is 15.0 Å². The van der Waals surface area contributed by atoms with Crippen LogP contribution in [0.3, 0.4) is 0 Å². The normalized spacial score (nSPS) is 11.7. The van der Waals surface area contributed by atoms with Gasteiger partial charge in [-0.3, -0.25) is 4.79 Å². The summed E-state index contributed by atoms with van der Waals surface area (Å²) in [6.45, 7) is 7.62. The molecule has 3 aromatic rings. The summed E-state index contributed by atoms with van der Waals surface area (Å²) < 4.78 is 13.8. The van der Waals surface area contributed by atoms with Crippen molar-refractivity contribution in [2.75, 3.05) is 27.3 Å². The Morgan fingerprint density at radius 2 is 2.00 bits per heavy atom. The molecule has 0 N–H and O–H groups in total. The zero-order valence-corrected chi connectivity index (χ0v) is 25.8. The molecule has 1 amide bonds. The quantitative estimate of drug-likeness (QED) is 0.133. The molecule has 0 radical (unpaired) electrons. The van der Waals surface area contributed by atoms with Crippen LogP contribution >= 0.6 is 11.3 Å². The van der Waals surface area contributed by atoms with Gasteiger partial charge in [-0.15, -0.1) is 11.3 Å². The Labute approximate surface area is 250 Å². The zero-order chi connectivity index (χ0) is 25.2. The van der Waals surface area contributed by atoms with Crippen LogP contribution in [0.15, 0.2) is 40.8 Å². The topological polar surface area (TPSA) is 92.5 Å². The number of nitrogens with zero attached hydrogens (tertiary/aromatic N) is 5. The summed E-state index contributed by atoms with van der Waals surface area (Å²) in [4.78, 5) is 19.3. The Morgan fingerprint density at radius 1 is 1.24 bits per heavy atom. The van der Waals surface area contributed by atoms with Crippen LogP contribution in [-0.4, -0.2) is 48.2 Å². The largest absolute Gasteiger partial charge is 1.00 e. The van der Waals surface area contributed by atoms with Crippen molar-refractivity contribution in [2.24, 2.45) is 5.11 Å². The molecule has 1 aliphatic heterocycles. The molecule has 37 heavy (non-hydrogen) atoms. The van der Waals surface area contributed by atoms with Gasteiger partial charge >= 0.3 is 29.6 Å². The third kappa shape index (κ3) is 6.48.